The molecule has 3 rings (SSSR count). The van der Waals surface area contributed by atoms with E-state index in [1.807, 2.05) is 0 Å². The lowest BCUT2D eigenvalue weighted by molar-refractivity contribution is 0.207. The Kier molecular flexibility index (Phi) is 5.29. The molecule has 0 bridgehead atoms. The molecule has 1 nitrogen and oxygen atoms in total. The summed E-state index contributed by atoms with van der Waals surface area (Å²) in [6, 6.07) is 9.76. The summed E-state index contributed by atoms with van der Waals surface area (Å²) in [5, 5.41) is 3.93. The van der Waals surface area contributed by atoms with Crippen molar-refractivity contribution in [3.63, 3.8) is 0 Å². The molecular formula is C19H29NS. The van der Waals surface area contributed by atoms with E-state index in [1.54, 1.807) is 5.56 Å². The minimum atomic E-state index is 0.684. The summed E-state index contributed by atoms with van der Waals surface area (Å²) >= 11 is 2.06. The fourth-order valence-corrected chi connectivity index (χ4v) is 5.55. The number of benzene rings is 1. The number of fused-ring (bicyclic) bond motifs is 1. The van der Waals surface area contributed by atoms with Gasteiger partial charge in [-0.3, -0.25) is 0 Å². The molecule has 2 heteroatoms. The van der Waals surface area contributed by atoms with Crippen LogP contribution in [0.3, 0.4) is 0 Å². The second-order valence-corrected chi connectivity index (χ2v) is 8.03. The van der Waals surface area contributed by atoms with Gasteiger partial charge in [0, 0.05) is 22.6 Å². The number of thioether (sulfide) groups is 1. The van der Waals surface area contributed by atoms with Crippen molar-refractivity contribution in [3.05, 3.63) is 29.8 Å². The predicted molar refractivity (Wildman–Crippen MR) is 93.1 cm³/mol. The van der Waals surface area contributed by atoms with Crippen LogP contribution < -0.4 is 5.32 Å². The minimum absolute atomic E-state index is 0.684. The lowest BCUT2D eigenvalue weighted by atomic mass is 9.74. The normalized spacial score (nSPS) is 30.1. The first-order valence-electron chi connectivity index (χ1n) is 8.74. The highest BCUT2D eigenvalue weighted by atomic mass is 32.2. The van der Waals surface area contributed by atoms with Crippen LogP contribution in [-0.4, -0.2) is 18.3 Å². The number of hydrogen-bond acceptors (Lipinski definition) is 2. The third-order valence-electron chi connectivity index (χ3n) is 5.29. The molecular weight excluding hydrogens is 274 g/mol. The van der Waals surface area contributed by atoms with E-state index in [9.17, 15) is 0 Å². The Bertz CT molecular complexity index is 459. The van der Waals surface area contributed by atoms with Gasteiger partial charge in [0.2, 0.25) is 0 Å². The molecule has 21 heavy (non-hydrogen) atoms. The first-order valence-corrected chi connectivity index (χ1v) is 9.73. The van der Waals surface area contributed by atoms with Crippen LogP contribution in [0.4, 0.5) is 0 Å². The highest BCUT2D eigenvalue weighted by Crippen LogP contribution is 2.45. The van der Waals surface area contributed by atoms with Gasteiger partial charge in [0.1, 0.15) is 0 Å². The van der Waals surface area contributed by atoms with Gasteiger partial charge in [0.15, 0.2) is 0 Å². The fraction of sp³-hybridized carbons (Fsp3) is 0.684. The van der Waals surface area contributed by atoms with Gasteiger partial charge in [-0.25, -0.2) is 0 Å². The molecule has 1 aromatic carbocycles. The Morgan fingerprint density at radius 3 is 2.95 bits per heavy atom. The highest BCUT2D eigenvalue weighted by molar-refractivity contribution is 7.99. The van der Waals surface area contributed by atoms with E-state index in [4.69, 9.17) is 0 Å². The van der Waals surface area contributed by atoms with Crippen molar-refractivity contribution < 1.29 is 0 Å². The molecule has 1 aliphatic heterocycles. The van der Waals surface area contributed by atoms with Crippen LogP contribution in [0.1, 0.15) is 57.4 Å². The van der Waals surface area contributed by atoms with E-state index >= 15 is 0 Å². The zero-order chi connectivity index (χ0) is 14.7. The van der Waals surface area contributed by atoms with Crippen LogP contribution in [0.5, 0.6) is 0 Å². The molecule has 1 heterocycles. The zero-order valence-electron chi connectivity index (χ0n) is 13.5. The lowest BCUT2D eigenvalue weighted by Gasteiger charge is -2.37. The second-order valence-electron chi connectivity index (χ2n) is 6.97. The Hall–Kier alpha value is -0.470. The summed E-state index contributed by atoms with van der Waals surface area (Å²) in [5.74, 6) is 3.77. The maximum Gasteiger partial charge on any atom is 0.0173 e. The van der Waals surface area contributed by atoms with Crippen LogP contribution in [-0.2, 0) is 0 Å². The Balaban J connectivity index is 1.79. The molecule has 0 radical (unpaired) electrons. The zero-order valence-corrected chi connectivity index (χ0v) is 14.3. The summed E-state index contributed by atoms with van der Waals surface area (Å²) in [6.45, 7) is 5.89. The highest BCUT2D eigenvalue weighted by Gasteiger charge is 2.36. The van der Waals surface area contributed by atoms with Gasteiger partial charge in [0.25, 0.3) is 0 Å². The van der Waals surface area contributed by atoms with E-state index in [0.29, 0.717) is 12.0 Å². The average Bonchev–Trinajstić information content (AvgIpc) is 2.92. The third-order valence-corrected chi connectivity index (χ3v) is 6.49. The van der Waals surface area contributed by atoms with Crippen molar-refractivity contribution in [2.75, 3.05) is 12.3 Å². The smallest absolute Gasteiger partial charge is 0.0173 e. The lowest BCUT2D eigenvalue weighted by Crippen LogP contribution is -2.43. The van der Waals surface area contributed by atoms with Crippen LogP contribution in [0, 0.1) is 11.8 Å². The van der Waals surface area contributed by atoms with Crippen LogP contribution in [0.2, 0.25) is 0 Å². The SMILES string of the molecule is CCCNC(C1CCCC(C)C1)C1CSc2ccccc21. The molecule has 0 amide bonds. The van der Waals surface area contributed by atoms with Gasteiger partial charge < -0.3 is 5.32 Å². The first kappa shape index (κ1) is 15.4. The van der Waals surface area contributed by atoms with E-state index in [2.05, 4.69) is 55.2 Å². The summed E-state index contributed by atoms with van der Waals surface area (Å²) in [7, 11) is 0. The molecule has 4 unspecified atom stereocenters. The van der Waals surface area contributed by atoms with Gasteiger partial charge in [-0.1, -0.05) is 44.9 Å². The summed E-state index contributed by atoms with van der Waals surface area (Å²) < 4.78 is 0. The molecule has 1 fully saturated rings. The van der Waals surface area contributed by atoms with Crippen molar-refractivity contribution in [1.82, 2.24) is 5.32 Å². The van der Waals surface area contributed by atoms with Crippen molar-refractivity contribution in [2.45, 2.75) is 62.8 Å². The minimum Gasteiger partial charge on any atom is -0.313 e. The van der Waals surface area contributed by atoms with Crippen molar-refractivity contribution in [1.29, 1.82) is 0 Å². The molecule has 1 N–H and O–H groups in total. The Morgan fingerprint density at radius 2 is 2.14 bits per heavy atom. The standard InChI is InChI=1S/C19H29NS/c1-3-11-20-19(15-8-6-7-14(2)12-15)17-13-21-18-10-5-4-9-16(17)18/h4-5,9-10,14-15,17,19-20H,3,6-8,11-13H2,1-2H3. The van der Waals surface area contributed by atoms with Crippen molar-refractivity contribution in [3.8, 4) is 0 Å². The largest absolute Gasteiger partial charge is 0.313 e. The van der Waals surface area contributed by atoms with E-state index in [0.717, 1.165) is 11.8 Å². The molecule has 4 atom stereocenters. The van der Waals surface area contributed by atoms with Crippen molar-refractivity contribution in [2.24, 2.45) is 11.8 Å². The van der Waals surface area contributed by atoms with E-state index in [-0.39, 0.29) is 0 Å². The Labute approximate surface area is 134 Å². The monoisotopic (exact) mass is 303 g/mol. The molecule has 0 spiro atoms. The first-order chi connectivity index (χ1) is 10.3. The van der Waals surface area contributed by atoms with Gasteiger partial charge >= 0.3 is 0 Å². The summed E-state index contributed by atoms with van der Waals surface area (Å²) in [4.78, 5) is 1.52. The summed E-state index contributed by atoms with van der Waals surface area (Å²) in [5.41, 5.74) is 1.61. The Morgan fingerprint density at radius 1 is 1.29 bits per heavy atom. The topological polar surface area (TPSA) is 12.0 Å². The van der Waals surface area contributed by atoms with Gasteiger partial charge in [0.05, 0.1) is 0 Å². The second kappa shape index (κ2) is 7.19. The molecule has 0 saturated heterocycles. The molecule has 1 saturated carbocycles. The van der Waals surface area contributed by atoms with Crippen LogP contribution in [0.15, 0.2) is 29.2 Å². The number of nitrogens with one attached hydrogen (secondary N) is 1. The molecule has 0 aromatic heterocycles. The number of rotatable bonds is 5. The predicted octanol–water partition coefficient (Wildman–Crippen LogP) is 5.07. The fourth-order valence-electron chi connectivity index (χ4n) is 4.24. The maximum absolute atomic E-state index is 3.93. The van der Waals surface area contributed by atoms with E-state index < -0.39 is 0 Å². The van der Waals surface area contributed by atoms with Crippen molar-refractivity contribution >= 4 is 11.8 Å². The quantitative estimate of drug-likeness (QED) is 0.815. The third kappa shape index (κ3) is 3.48. The van der Waals surface area contributed by atoms with Gasteiger partial charge in [-0.2, -0.15) is 0 Å². The van der Waals surface area contributed by atoms with Crippen LogP contribution >= 0.6 is 11.8 Å². The summed E-state index contributed by atoms with van der Waals surface area (Å²) in [6.07, 6.45) is 6.95. The average molecular weight is 304 g/mol. The molecule has 1 aromatic rings. The maximum atomic E-state index is 3.93. The molecule has 116 valence electrons. The van der Waals surface area contributed by atoms with E-state index in [1.165, 1.54) is 49.3 Å². The number of hydrogen-bond donors (Lipinski definition) is 1. The van der Waals surface area contributed by atoms with Gasteiger partial charge in [-0.15, -0.1) is 11.8 Å². The van der Waals surface area contributed by atoms with Gasteiger partial charge in [-0.05, 0) is 49.3 Å². The van der Waals surface area contributed by atoms with Crippen LogP contribution in [0.25, 0.3) is 0 Å². The molecule has 1 aliphatic carbocycles. The molecule has 2 aliphatic rings.